The summed E-state index contributed by atoms with van der Waals surface area (Å²) in [4.78, 5) is 14.0. The van der Waals surface area contributed by atoms with Gasteiger partial charge in [0, 0.05) is 12.6 Å². The van der Waals surface area contributed by atoms with E-state index in [0.29, 0.717) is 11.7 Å². The van der Waals surface area contributed by atoms with Gasteiger partial charge in [-0.3, -0.25) is 4.79 Å². The van der Waals surface area contributed by atoms with Crippen LogP contribution < -0.4 is 4.74 Å². The standard InChI is InChI=1S/C16H25NO3/c1-12(2)9-17(13(3)4)16(19)11-20-15-7-5-6-14(8-15)10-18/h5-8,12-13,18H,9-11H2,1-4H3. The number of ether oxygens (including phenoxy) is 1. The molecule has 4 heteroatoms. The zero-order valence-electron chi connectivity index (χ0n) is 12.8. The summed E-state index contributed by atoms with van der Waals surface area (Å²) in [6, 6.07) is 7.31. The van der Waals surface area contributed by atoms with E-state index in [9.17, 15) is 4.79 Å². The fourth-order valence-electron chi connectivity index (χ4n) is 1.96. The minimum absolute atomic E-state index is 0.0110. The molecule has 0 bridgehead atoms. The minimum Gasteiger partial charge on any atom is -0.484 e. The van der Waals surface area contributed by atoms with Crippen LogP contribution in [0.25, 0.3) is 0 Å². The van der Waals surface area contributed by atoms with E-state index in [2.05, 4.69) is 13.8 Å². The van der Waals surface area contributed by atoms with Crippen molar-refractivity contribution in [1.82, 2.24) is 4.90 Å². The third-order valence-electron chi connectivity index (χ3n) is 2.95. The van der Waals surface area contributed by atoms with Gasteiger partial charge < -0.3 is 14.7 Å². The molecule has 0 radical (unpaired) electrons. The molecule has 0 atom stereocenters. The number of carbonyl (C=O) groups is 1. The van der Waals surface area contributed by atoms with Crippen LogP contribution >= 0.6 is 0 Å². The molecule has 20 heavy (non-hydrogen) atoms. The average molecular weight is 279 g/mol. The highest BCUT2D eigenvalue weighted by Gasteiger charge is 2.18. The second-order valence-electron chi connectivity index (χ2n) is 5.63. The molecule has 1 N–H and O–H groups in total. The van der Waals surface area contributed by atoms with Crippen LogP contribution in [0.1, 0.15) is 33.3 Å². The Balaban J connectivity index is 2.60. The van der Waals surface area contributed by atoms with E-state index in [0.717, 1.165) is 12.1 Å². The molecule has 0 aromatic heterocycles. The molecular weight excluding hydrogens is 254 g/mol. The van der Waals surface area contributed by atoms with E-state index in [4.69, 9.17) is 9.84 Å². The topological polar surface area (TPSA) is 49.8 Å². The maximum Gasteiger partial charge on any atom is 0.260 e. The average Bonchev–Trinajstić information content (AvgIpc) is 2.42. The summed E-state index contributed by atoms with van der Waals surface area (Å²) in [6.07, 6.45) is 0. The largest absolute Gasteiger partial charge is 0.484 e. The second-order valence-corrected chi connectivity index (χ2v) is 5.63. The third kappa shape index (κ3) is 5.21. The summed E-state index contributed by atoms with van der Waals surface area (Å²) in [5, 5.41) is 9.07. The monoisotopic (exact) mass is 279 g/mol. The first-order valence-electron chi connectivity index (χ1n) is 7.06. The molecule has 1 rings (SSSR count). The molecule has 1 aromatic carbocycles. The Hall–Kier alpha value is -1.55. The fraction of sp³-hybridized carbons (Fsp3) is 0.562. The molecule has 0 saturated heterocycles. The van der Waals surface area contributed by atoms with E-state index >= 15 is 0 Å². The van der Waals surface area contributed by atoms with Gasteiger partial charge in [0.1, 0.15) is 5.75 Å². The first-order chi connectivity index (χ1) is 9.43. The van der Waals surface area contributed by atoms with Crippen LogP contribution in [0.3, 0.4) is 0 Å². The number of nitrogens with zero attached hydrogens (tertiary/aromatic N) is 1. The highest BCUT2D eigenvalue weighted by atomic mass is 16.5. The van der Waals surface area contributed by atoms with Crippen LogP contribution in [0, 0.1) is 5.92 Å². The zero-order valence-corrected chi connectivity index (χ0v) is 12.8. The first-order valence-corrected chi connectivity index (χ1v) is 7.06. The normalized spacial score (nSPS) is 10.9. The lowest BCUT2D eigenvalue weighted by Gasteiger charge is -2.28. The van der Waals surface area contributed by atoms with Gasteiger partial charge in [-0.1, -0.05) is 26.0 Å². The lowest BCUT2D eigenvalue weighted by Crippen LogP contribution is -2.42. The molecule has 0 spiro atoms. The van der Waals surface area contributed by atoms with Crippen LogP contribution in [0.2, 0.25) is 0 Å². The molecule has 112 valence electrons. The SMILES string of the molecule is CC(C)CN(C(=O)COc1cccc(CO)c1)C(C)C. The molecule has 0 saturated carbocycles. The van der Waals surface area contributed by atoms with E-state index < -0.39 is 0 Å². The van der Waals surface area contributed by atoms with Gasteiger partial charge >= 0.3 is 0 Å². The van der Waals surface area contributed by atoms with Crippen LogP contribution in [-0.2, 0) is 11.4 Å². The third-order valence-corrected chi connectivity index (χ3v) is 2.95. The number of hydrogen-bond donors (Lipinski definition) is 1. The predicted molar refractivity (Wildman–Crippen MR) is 79.5 cm³/mol. The van der Waals surface area contributed by atoms with E-state index in [1.165, 1.54) is 0 Å². The Bertz CT molecular complexity index is 429. The van der Waals surface area contributed by atoms with Crippen LogP contribution in [-0.4, -0.2) is 35.1 Å². The van der Waals surface area contributed by atoms with Crippen molar-refractivity contribution in [2.75, 3.05) is 13.2 Å². The summed E-state index contributed by atoms with van der Waals surface area (Å²) in [6.45, 7) is 8.93. The number of amides is 1. The minimum atomic E-state index is -0.0311. The molecule has 1 amide bonds. The van der Waals surface area contributed by atoms with Gasteiger partial charge in [-0.05, 0) is 37.5 Å². The maximum absolute atomic E-state index is 12.2. The lowest BCUT2D eigenvalue weighted by atomic mass is 10.2. The number of hydrogen-bond acceptors (Lipinski definition) is 3. The number of benzene rings is 1. The van der Waals surface area contributed by atoms with Gasteiger partial charge in [-0.2, -0.15) is 0 Å². The van der Waals surface area contributed by atoms with Crippen molar-refractivity contribution < 1.29 is 14.6 Å². The highest BCUT2D eigenvalue weighted by Crippen LogP contribution is 2.14. The summed E-state index contributed by atoms with van der Waals surface area (Å²) >= 11 is 0. The fourth-order valence-corrected chi connectivity index (χ4v) is 1.96. The van der Waals surface area contributed by atoms with E-state index in [1.807, 2.05) is 24.8 Å². The Morgan fingerprint density at radius 2 is 2.00 bits per heavy atom. The first kappa shape index (κ1) is 16.5. The van der Waals surface area contributed by atoms with Gasteiger partial charge in [0.15, 0.2) is 6.61 Å². The van der Waals surface area contributed by atoms with E-state index in [1.54, 1.807) is 18.2 Å². The van der Waals surface area contributed by atoms with Crippen molar-refractivity contribution in [3.05, 3.63) is 29.8 Å². The number of carbonyl (C=O) groups excluding carboxylic acids is 1. The van der Waals surface area contributed by atoms with Crippen molar-refractivity contribution >= 4 is 5.91 Å². The number of aliphatic hydroxyl groups excluding tert-OH is 1. The molecule has 0 unspecified atom stereocenters. The van der Waals surface area contributed by atoms with Crippen molar-refractivity contribution in [2.45, 2.75) is 40.3 Å². The van der Waals surface area contributed by atoms with Crippen LogP contribution in [0.5, 0.6) is 5.75 Å². The molecule has 0 fully saturated rings. The van der Waals surface area contributed by atoms with Gasteiger partial charge in [-0.25, -0.2) is 0 Å². The molecule has 1 aromatic rings. The summed E-state index contributed by atoms with van der Waals surface area (Å²) < 4.78 is 5.52. The highest BCUT2D eigenvalue weighted by molar-refractivity contribution is 5.78. The molecule has 0 aliphatic rings. The molecule has 0 heterocycles. The summed E-state index contributed by atoms with van der Waals surface area (Å²) in [5.41, 5.74) is 0.776. The maximum atomic E-state index is 12.2. The Morgan fingerprint density at radius 1 is 1.30 bits per heavy atom. The van der Waals surface area contributed by atoms with E-state index in [-0.39, 0.29) is 25.2 Å². The predicted octanol–water partition coefficient (Wildman–Crippen LogP) is 2.45. The molecule has 0 aliphatic heterocycles. The van der Waals surface area contributed by atoms with Gasteiger partial charge in [0.05, 0.1) is 6.61 Å². The molecule has 0 aliphatic carbocycles. The molecule has 4 nitrogen and oxygen atoms in total. The van der Waals surface area contributed by atoms with Gasteiger partial charge in [0.25, 0.3) is 5.91 Å². The van der Waals surface area contributed by atoms with Crippen molar-refractivity contribution in [2.24, 2.45) is 5.92 Å². The Kier molecular flexibility index (Phi) is 6.52. The second kappa shape index (κ2) is 7.90. The van der Waals surface area contributed by atoms with Crippen molar-refractivity contribution in [3.8, 4) is 5.75 Å². The molecular formula is C16H25NO3. The Morgan fingerprint density at radius 3 is 2.55 bits per heavy atom. The van der Waals surface area contributed by atoms with Crippen LogP contribution in [0.15, 0.2) is 24.3 Å². The van der Waals surface area contributed by atoms with Crippen molar-refractivity contribution in [1.29, 1.82) is 0 Å². The smallest absolute Gasteiger partial charge is 0.260 e. The number of rotatable bonds is 7. The summed E-state index contributed by atoms with van der Waals surface area (Å²) in [5.74, 6) is 1.03. The van der Waals surface area contributed by atoms with Gasteiger partial charge in [0.2, 0.25) is 0 Å². The van der Waals surface area contributed by atoms with Crippen LogP contribution in [0.4, 0.5) is 0 Å². The Labute approximate surface area is 121 Å². The zero-order chi connectivity index (χ0) is 15.1. The quantitative estimate of drug-likeness (QED) is 0.834. The number of aliphatic hydroxyl groups is 1. The summed E-state index contributed by atoms with van der Waals surface area (Å²) in [7, 11) is 0. The van der Waals surface area contributed by atoms with Gasteiger partial charge in [-0.15, -0.1) is 0 Å². The lowest BCUT2D eigenvalue weighted by molar-refractivity contribution is -0.135. The van der Waals surface area contributed by atoms with Crippen molar-refractivity contribution in [3.63, 3.8) is 0 Å².